The molecule has 22 heavy (non-hydrogen) atoms. The number of nitrogens with two attached hydrogens (primary N) is 1. The maximum Gasteiger partial charge on any atom is 0.242 e. The zero-order chi connectivity index (χ0) is 16.0. The third-order valence-corrected chi connectivity index (χ3v) is 4.30. The highest BCUT2D eigenvalue weighted by atomic mass is 16.5. The van der Waals surface area contributed by atoms with Crippen molar-refractivity contribution in [2.45, 2.75) is 45.3 Å². The molecule has 1 saturated heterocycles. The van der Waals surface area contributed by atoms with E-state index in [0.717, 1.165) is 32.4 Å². The van der Waals surface area contributed by atoms with E-state index < -0.39 is 5.54 Å². The zero-order valence-corrected chi connectivity index (χ0v) is 13.8. The minimum atomic E-state index is -0.728. The number of ether oxygens (including phenoxy) is 1. The second-order valence-corrected chi connectivity index (χ2v) is 6.57. The number of carbonyl (C=O) groups excluding carboxylic acids is 1. The summed E-state index contributed by atoms with van der Waals surface area (Å²) in [6.45, 7) is 6.81. The van der Waals surface area contributed by atoms with E-state index in [1.165, 1.54) is 5.56 Å². The van der Waals surface area contributed by atoms with E-state index >= 15 is 0 Å². The number of likely N-dealkylation sites (tertiary alicyclic amines) is 1. The molecule has 1 aliphatic heterocycles. The molecule has 2 unspecified atom stereocenters. The molecule has 4 heteroatoms. The smallest absolute Gasteiger partial charge is 0.242 e. The SMILES string of the molecule is CCCC(C)(N)C(=O)N1CCC(COCc2ccccc2)C1. The van der Waals surface area contributed by atoms with Crippen molar-refractivity contribution in [2.75, 3.05) is 19.7 Å². The molecule has 2 N–H and O–H groups in total. The van der Waals surface area contributed by atoms with Crippen LogP contribution in [0.2, 0.25) is 0 Å². The van der Waals surface area contributed by atoms with Gasteiger partial charge in [-0.25, -0.2) is 0 Å². The Balaban J connectivity index is 1.74. The van der Waals surface area contributed by atoms with Gasteiger partial charge in [-0.2, -0.15) is 0 Å². The molecule has 2 atom stereocenters. The first-order valence-corrected chi connectivity index (χ1v) is 8.23. The van der Waals surface area contributed by atoms with Gasteiger partial charge in [0, 0.05) is 19.0 Å². The highest BCUT2D eigenvalue weighted by Gasteiger charge is 2.35. The maximum absolute atomic E-state index is 12.5. The molecule has 1 aromatic rings. The summed E-state index contributed by atoms with van der Waals surface area (Å²) in [5.74, 6) is 0.505. The normalized spacial score (nSPS) is 20.9. The number of rotatable bonds is 7. The molecule has 122 valence electrons. The Morgan fingerprint density at radius 3 is 2.82 bits per heavy atom. The minimum Gasteiger partial charge on any atom is -0.376 e. The maximum atomic E-state index is 12.5. The molecule has 0 aliphatic carbocycles. The van der Waals surface area contributed by atoms with Gasteiger partial charge >= 0.3 is 0 Å². The van der Waals surface area contributed by atoms with Crippen LogP contribution in [0.15, 0.2) is 30.3 Å². The molecule has 0 radical (unpaired) electrons. The first kappa shape index (κ1) is 17.0. The van der Waals surface area contributed by atoms with Crippen LogP contribution in [0.5, 0.6) is 0 Å². The lowest BCUT2D eigenvalue weighted by atomic mass is 9.96. The van der Waals surface area contributed by atoms with Crippen LogP contribution < -0.4 is 5.73 Å². The van der Waals surface area contributed by atoms with Gasteiger partial charge in [-0.15, -0.1) is 0 Å². The first-order chi connectivity index (χ1) is 10.5. The average molecular weight is 304 g/mol. The fourth-order valence-corrected chi connectivity index (χ4v) is 3.06. The van der Waals surface area contributed by atoms with Crippen molar-refractivity contribution in [2.24, 2.45) is 11.7 Å². The summed E-state index contributed by atoms with van der Waals surface area (Å²) in [7, 11) is 0. The van der Waals surface area contributed by atoms with Crippen LogP contribution in [0.25, 0.3) is 0 Å². The Kier molecular flexibility index (Phi) is 5.98. The summed E-state index contributed by atoms with van der Waals surface area (Å²) < 4.78 is 5.80. The number of benzene rings is 1. The molecule has 2 rings (SSSR count). The number of amides is 1. The van der Waals surface area contributed by atoms with E-state index in [-0.39, 0.29) is 5.91 Å². The first-order valence-electron chi connectivity index (χ1n) is 8.23. The molecule has 1 fully saturated rings. The molecule has 1 aliphatic rings. The van der Waals surface area contributed by atoms with Crippen molar-refractivity contribution < 1.29 is 9.53 Å². The van der Waals surface area contributed by atoms with Gasteiger partial charge in [-0.3, -0.25) is 4.79 Å². The Morgan fingerprint density at radius 1 is 1.41 bits per heavy atom. The average Bonchev–Trinajstić information content (AvgIpc) is 2.96. The summed E-state index contributed by atoms with van der Waals surface area (Å²) in [4.78, 5) is 14.4. The Hall–Kier alpha value is -1.39. The third-order valence-electron chi connectivity index (χ3n) is 4.30. The highest BCUT2D eigenvalue weighted by molar-refractivity contribution is 5.85. The monoisotopic (exact) mass is 304 g/mol. The van der Waals surface area contributed by atoms with E-state index in [0.29, 0.717) is 19.1 Å². The lowest BCUT2D eigenvalue weighted by molar-refractivity contribution is -0.135. The minimum absolute atomic E-state index is 0.0832. The quantitative estimate of drug-likeness (QED) is 0.842. The van der Waals surface area contributed by atoms with Crippen LogP contribution in [0.4, 0.5) is 0 Å². The van der Waals surface area contributed by atoms with Gasteiger partial charge in [0.1, 0.15) is 0 Å². The van der Waals surface area contributed by atoms with Crippen LogP contribution in [0, 0.1) is 5.92 Å². The van der Waals surface area contributed by atoms with Gasteiger partial charge in [-0.1, -0.05) is 43.7 Å². The van der Waals surface area contributed by atoms with Crippen LogP contribution in [-0.2, 0) is 16.1 Å². The second-order valence-electron chi connectivity index (χ2n) is 6.57. The van der Waals surface area contributed by atoms with Gasteiger partial charge in [0.05, 0.1) is 18.8 Å². The summed E-state index contributed by atoms with van der Waals surface area (Å²) in [5.41, 5.74) is 6.61. The Bertz CT molecular complexity index is 473. The molecular formula is C18H28N2O2. The van der Waals surface area contributed by atoms with Crippen LogP contribution in [-0.4, -0.2) is 36.0 Å². The number of carbonyl (C=O) groups is 1. The van der Waals surface area contributed by atoms with Gasteiger partial charge in [0.25, 0.3) is 0 Å². The molecule has 1 heterocycles. The van der Waals surface area contributed by atoms with Crippen molar-refractivity contribution >= 4 is 5.91 Å². The topological polar surface area (TPSA) is 55.6 Å². The van der Waals surface area contributed by atoms with Gasteiger partial charge < -0.3 is 15.4 Å². The van der Waals surface area contributed by atoms with Crippen molar-refractivity contribution in [3.63, 3.8) is 0 Å². The van der Waals surface area contributed by atoms with E-state index in [4.69, 9.17) is 10.5 Å². The predicted molar refractivity (Wildman–Crippen MR) is 88.3 cm³/mol. The summed E-state index contributed by atoms with van der Waals surface area (Å²) >= 11 is 0. The van der Waals surface area contributed by atoms with Crippen LogP contribution in [0.3, 0.4) is 0 Å². The Labute approximate surface area is 133 Å². The van der Waals surface area contributed by atoms with E-state index in [2.05, 4.69) is 19.1 Å². The largest absolute Gasteiger partial charge is 0.376 e. The zero-order valence-electron chi connectivity index (χ0n) is 13.8. The van der Waals surface area contributed by atoms with E-state index in [9.17, 15) is 4.79 Å². The van der Waals surface area contributed by atoms with Gasteiger partial charge in [-0.05, 0) is 25.3 Å². The van der Waals surface area contributed by atoms with Gasteiger partial charge in [0.15, 0.2) is 0 Å². The van der Waals surface area contributed by atoms with Crippen molar-refractivity contribution in [3.8, 4) is 0 Å². The molecular weight excluding hydrogens is 276 g/mol. The molecule has 0 saturated carbocycles. The standard InChI is InChI=1S/C18H28N2O2/c1-3-10-18(2,19)17(21)20-11-9-16(12-20)14-22-13-15-7-5-4-6-8-15/h4-8,16H,3,9-14,19H2,1-2H3. The second kappa shape index (κ2) is 7.75. The molecule has 1 aromatic carbocycles. The summed E-state index contributed by atoms with van der Waals surface area (Å²) in [5, 5.41) is 0. The molecule has 1 amide bonds. The molecule has 0 bridgehead atoms. The van der Waals surface area contributed by atoms with Crippen LogP contribution >= 0.6 is 0 Å². The molecule has 0 aromatic heterocycles. The van der Waals surface area contributed by atoms with Crippen molar-refractivity contribution in [1.82, 2.24) is 4.90 Å². The molecule has 0 spiro atoms. The van der Waals surface area contributed by atoms with E-state index in [1.807, 2.05) is 30.0 Å². The fourth-order valence-electron chi connectivity index (χ4n) is 3.06. The van der Waals surface area contributed by atoms with Gasteiger partial charge in [0.2, 0.25) is 5.91 Å². The fraction of sp³-hybridized carbons (Fsp3) is 0.611. The molecule has 4 nitrogen and oxygen atoms in total. The number of hydrogen-bond donors (Lipinski definition) is 1. The highest BCUT2D eigenvalue weighted by Crippen LogP contribution is 2.21. The van der Waals surface area contributed by atoms with Crippen LogP contribution in [0.1, 0.15) is 38.7 Å². The lowest BCUT2D eigenvalue weighted by Crippen LogP contribution is -2.52. The summed E-state index contributed by atoms with van der Waals surface area (Å²) in [6.07, 6.45) is 2.66. The lowest BCUT2D eigenvalue weighted by Gasteiger charge is -2.29. The Morgan fingerprint density at radius 2 is 2.14 bits per heavy atom. The van der Waals surface area contributed by atoms with Crippen molar-refractivity contribution in [3.05, 3.63) is 35.9 Å². The summed E-state index contributed by atoms with van der Waals surface area (Å²) in [6, 6.07) is 10.2. The van der Waals surface area contributed by atoms with Crippen molar-refractivity contribution in [1.29, 1.82) is 0 Å². The van der Waals surface area contributed by atoms with E-state index in [1.54, 1.807) is 0 Å². The third kappa shape index (κ3) is 4.55. The number of nitrogens with zero attached hydrogens (tertiary/aromatic N) is 1. The predicted octanol–water partition coefficient (Wildman–Crippen LogP) is 2.57. The number of hydrogen-bond acceptors (Lipinski definition) is 3.